The maximum absolute atomic E-state index is 13.6. The Kier molecular flexibility index (Phi) is 5.90. The van der Waals surface area contributed by atoms with E-state index < -0.39 is 5.25 Å². The number of nitrogens with zero attached hydrogens (tertiary/aromatic N) is 5. The van der Waals surface area contributed by atoms with Gasteiger partial charge in [-0.2, -0.15) is 0 Å². The lowest BCUT2D eigenvalue weighted by Gasteiger charge is -2.21. The summed E-state index contributed by atoms with van der Waals surface area (Å²) in [4.78, 5) is 28.4. The van der Waals surface area contributed by atoms with E-state index in [-0.39, 0.29) is 11.5 Å². The van der Waals surface area contributed by atoms with Crippen molar-refractivity contribution in [2.45, 2.75) is 31.2 Å². The van der Waals surface area contributed by atoms with Crippen molar-refractivity contribution < 1.29 is 4.79 Å². The molecule has 8 heteroatoms. The molecule has 5 aromatic rings. The summed E-state index contributed by atoms with van der Waals surface area (Å²) in [5, 5.41) is 9.53. The summed E-state index contributed by atoms with van der Waals surface area (Å²) in [6, 6.07) is 22.8. The van der Waals surface area contributed by atoms with Crippen LogP contribution in [0.5, 0.6) is 0 Å². The van der Waals surface area contributed by atoms with Crippen LogP contribution in [-0.2, 0) is 4.79 Å². The number of carbonyl (C=O) groups excluding carboxylic acids is 1. The second-order valence-corrected chi connectivity index (χ2v) is 9.80. The number of para-hydroxylation sites is 2. The first-order valence-corrected chi connectivity index (χ1v) is 12.2. The van der Waals surface area contributed by atoms with Crippen molar-refractivity contribution in [1.29, 1.82) is 0 Å². The van der Waals surface area contributed by atoms with E-state index in [1.807, 2.05) is 98.0 Å². The summed E-state index contributed by atoms with van der Waals surface area (Å²) < 4.78 is 3.49. The fourth-order valence-corrected chi connectivity index (χ4v) is 5.16. The molecular formula is C27H25N5O2S. The molecule has 2 aromatic heterocycles. The number of hydrogen-bond donors (Lipinski definition) is 0. The van der Waals surface area contributed by atoms with E-state index in [0.717, 1.165) is 22.5 Å². The second kappa shape index (κ2) is 9.03. The summed E-state index contributed by atoms with van der Waals surface area (Å²) in [5.74, 6) is 0.367. The van der Waals surface area contributed by atoms with E-state index in [0.29, 0.717) is 21.8 Å². The van der Waals surface area contributed by atoms with Gasteiger partial charge in [0.15, 0.2) is 5.16 Å². The molecule has 0 saturated carbocycles. The molecule has 7 nitrogen and oxygen atoms in total. The first-order chi connectivity index (χ1) is 16.9. The number of aromatic nitrogens is 4. The SMILES string of the molecule is Cc1cccc(-n2c(=O)c3ccccc3n3c(SC(C)C(=O)N(C)c4ccccc4)nnc23)c1C. The Morgan fingerprint density at radius 1 is 0.943 bits per heavy atom. The lowest BCUT2D eigenvalue weighted by molar-refractivity contribution is -0.117. The van der Waals surface area contributed by atoms with Crippen LogP contribution in [0.3, 0.4) is 0 Å². The number of amides is 1. The Bertz CT molecular complexity index is 1620. The molecule has 0 bridgehead atoms. The number of aryl methyl sites for hydroxylation is 1. The molecule has 0 aliphatic carbocycles. The van der Waals surface area contributed by atoms with Gasteiger partial charge in [0, 0.05) is 12.7 Å². The molecule has 5 rings (SSSR count). The second-order valence-electron chi connectivity index (χ2n) is 8.49. The molecule has 1 amide bonds. The average Bonchev–Trinajstić information content (AvgIpc) is 3.29. The van der Waals surface area contributed by atoms with Gasteiger partial charge in [0.2, 0.25) is 11.7 Å². The molecule has 1 unspecified atom stereocenters. The van der Waals surface area contributed by atoms with Crippen LogP contribution in [0.4, 0.5) is 5.69 Å². The third-order valence-electron chi connectivity index (χ3n) is 6.32. The van der Waals surface area contributed by atoms with Gasteiger partial charge in [-0.3, -0.25) is 14.0 Å². The summed E-state index contributed by atoms with van der Waals surface area (Å²) in [5.41, 5.74) is 4.22. The molecule has 0 aliphatic rings. The molecule has 0 N–H and O–H groups in total. The van der Waals surface area contributed by atoms with E-state index >= 15 is 0 Å². The fourth-order valence-electron chi connectivity index (χ4n) is 4.21. The predicted octanol–water partition coefficient (Wildman–Crippen LogP) is 4.79. The van der Waals surface area contributed by atoms with Gasteiger partial charge in [0.1, 0.15) is 0 Å². The number of thioether (sulfide) groups is 1. The molecule has 2 heterocycles. The maximum Gasteiger partial charge on any atom is 0.267 e. The van der Waals surface area contributed by atoms with Crippen molar-refractivity contribution in [2.75, 3.05) is 11.9 Å². The van der Waals surface area contributed by atoms with Crippen LogP contribution in [0.1, 0.15) is 18.1 Å². The Labute approximate surface area is 207 Å². The van der Waals surface area contributed by atoms with E-state index in [4.69, 9.17) is 0 Å². The minimum absolute atomic E-state index is 0.0508. The topological polar surface area (TPSA) is 72.5 Å². The highest BCUT2D eigenvalue weighted by Crippen LogP contribution is 2.28. The van der Waals surface area contributed by atoms with Crippen LogP contribution in [-0.4, -0.2) is 37.4 Å². The molecule has 176 valence electrons. The largest absolute Gasteiger partial charge is 0.315 e. The normalized spacial score (nSPS) is 12.2. The summed E-state index contributed by atoms with van der Waals surface area (Å²) in [6.07, 6.45) is 0. The van der Waals surface area contributed by atoms with Gasteiger partial charge in [-0.1, -0.05) is 54.2 Å². The van der Waals surface area contributed by atoms with Gasteiger partial charge in [-0.05, 0) is 62.2 Å². The van der Waals surface area contributed by atoms with Crippen molar-refractivity contribution in [3.05, 3.63) is 94.3 Å². The number of hydrogen-bond acceptors (Lipinski definition) is 5. The molecule has 35 heavy (non-hydrogen) atoms. The van der Waals surface area contributed by atoms with Gasteiger partial charge in [-0.15, -0.1) is 10.2 Å². The van der Waals surface area contributed by atoms with Crippen molar-refractivity contribution >= 4 is 40.0 Å². The molecule has 0 saturated heterocycles. The highest BCUT2D eigenvalue weighted by Gasteiger charge is 2.25. The Morgan fingerprint density at radius 3 is 2.43 bits per heavy atom. The standard InChI is InChI=1S/C27H25N5O2S/c1-17-11-10-16-22(18(17)2)31-25(34)21-14-8-9-15-23(21)32-26(31)28-29-27(32)35-19(3)24(33)30(4)20-12-6-5-7-13-20/h5-16,19H,1-4H3. The maximum atomic E-state index is 13.6. The van der Waals surface area contributed by atoms with Gasteiger partial charge in [0.05, 0.1) is 21.8 Å². The predicted molar refractivity (Wildman–Crippen MR) is 141 cm³/mol. The van der Waals surface area contributed by atoms with E-state index in [2.05, 4.69) is 10.2 Å². The van der Waals surface area contributed by atoms with E-state index in [9.17, 15) is 9.59 Å². The van der Waals surface area contributed by atoms with Crippen LogP contribution >= 0.6 is 11.8 Å². The van der Waals surface area contributed by atoms with Crippen molar-refractivity contribution in [3.63, 3.8) is 0 Å². The first kappa shape index (κ1) is 22.9. The van der Waals surface area contributed by atoms with E-state index in [1.54, 1.807) is 16.5 Å². The number of fused-ring (bicyclic) bond motifs is 3. The van der Waals surface area contributed by atoms with Crippen molar-refractivity contribution in [3.8, 4) is 5.69 Å². The quantitative estimate of drug-likeness (QED) is 0.336. The fraction of sp³-hybridized carbons (Fsp3) is 0.185. The van der Waals surface area contributed by atoms with Crippen LogP contribution < -0.4 is 10.5 Å². The molecule has 0 aliphatic heterocycles. The number of benzene rings is 3. The molecular weight excluding hydrogens is 458 g/mol. The summed E-state index contributed by atoms with van der Waals surface area (Å²) in [6.45, 7) is 5.87. The van der Waals surface area contributed by atoms with Crippen molar-refractivity contribution in [1.82, 2.24) is 19.2 Å². The lowest BCUT2D eigenvalue weighted by atomic mass is 10.1. The molecule has 0 fully saturated rings. The highest BCUT2D eigenvalue weighted by molar-refractivity contribution is 8.00. The van der Waals surface area contributed by atoms with E-state index in [1.165, 1.54) is 11.8 Å². The Morgan fingerprint density at radius 2 is 1.66 bits per heavy atom. The number of anilines is 1. The average molecular weight is 484 g/mol. The first-order valence-electron chi connectivity index (χ1n) is 11.3. The summed E-state index contributed by atoms with van der Waals surface area (Å²) in [7, 11) is 1.77. The van der Waals surface area contributed by atoms with Crippen LogP contribution in [0, 0.1) is 13.8 Å². The lowest BCUT2D eigenvalue weighted by Crippen LogP contribution is -2.33. The van der Waals surface area contributed by atoms with Gasteiger partial charge in [0.25, 0.3) is 5.56 Å². The Balaban J connectivity index is 1.65. The molecule has 1 atom stereocenters. The molecule has 0 radical (unpaired) electrons. The highest BCUT2D eigenvalue weighted by atomic mass is 32.2. The zero-order valence-corrected chi connectivity index (χ0v) is 20.8. The van der Waals surface area contributed by atoms with Gasteiger partial charge in [-0.25, -0.2) is 4.57 Å². The van der Waals surface area contributed by atoms with Crippen molar-refractivity contribution in [2.24, 2.45) is 0 Å². The van der Waals surface area contributed by atoms with Crippen LogP contribution in [0.25, 0.3) is 22.4 Å². The molecule has 0 spiro atoms. The Hall–Kier alpha value is -3.91. The zero-order valence-electron chi connectivity index (χ0n) is 20.0. The van der Waals surface area contributed by atoms with Crippen LogP contribution in [0.15, 0.2) is 82.7 Å². The molecule has 3 aromatic carbocycles. The van der Waals surface area contributed by atoms with Crippen LogP contribution in [0.2, 0.25) is 0 Å². The van der Waals surface area contributed by atoms with Gasteiger partial charge >= 0.3 is 0 Å². The zero-order chi connectivity index (χ0) is 24.7. The third-order valence-corrected chi connectivity index (χ3v) is 7.35. The van der Waals surface area contributed by atoms with Gasteiger partial charge < -0.3 is 4.90 Å². The monoisotopic (exact) mass is 483 g/mol. The number of carbonyl (C=O) groups is 1. The third kappa shape index (κ3) is 3.89. The minimum atomic E-state index is -0.424. The summed E-state index contributed by atoms with van der Waals surface area (Å²) >= 11 is 1.33. The minimum Gasteiger partial charge on any atom is -0.315 e. The number of rotatable bonds is 5. The smallest absolute Gasteiger partial charge is 0.267 e.